The van der Waals surface area contributed by atoms with Crippen LogP contribution in [0, 0.1) is 11.8 Å². The van der Waals surface area contributed by atoms with Crippen LogP contribution in [-0.4, -0.2) is 47.0 Å². The average Bonchev–Trinajstić information content (AvgIpc) is 2.85. The monoisotopic (exact) mass is 271 g/mol. The van der Waals surface area contributed by atoms with E-state index in [1.165, 1.54) is 11.8 Å². The third-order valence-electron chi connectivity index (χ3n) is 3.62. The Hall–Kier alpha value is -1.59. The Labute approximate surface area is 112 Å². The van der Waals surface area contributed by atoms with E-state index in [0.29, 0.717) is 13.0 Å². The number of carboxylic acid groups (broad SMARTS) is 1. The first-order valence-corrected chi connectivity index (χ1v) is 6.60. The molecule has 1 fully saturated rings. The van der Waals surface area contributed by atoms with Crippen molar-refractivity contribution in [1.29, 1.82) is 0 Å². The number of likely N-dealkylation sites (tertiary alicyclic amines) is 1. The number of hydrogen-bond donors (Lipinski definition) is 1. The molecule has 0 aromatic rings. The highest BCUT2D eigenvalue weighted by Gasteiger charge is 2.39. The van der Waals surface area contributed by atoms with Gasteiger partial charge in [-0.2, -0.15) is 0 Å². The Morgan fingerprint density at radius 3 is 2.47 bits per heavy atom. The van der Waals surface area contributed by atoms with E-state index in [4.69, 9.17) is 9.84 Å². The SMILES string of the molecule is CCOC(=O)C1CCCN1C(=O)C(C)C(C)C(=O)O. The number of esters is 1. The van der Waals surface area contributed by atoms with Crippen molar-refractivity contribution in [3.05, 3.63) is 0 Å². The highest BCUT2D eigenvalue weighted by molar-refractivity contribution is 5.88. The van der Waals surface area contributed by atoms with E-state index in [1.807, 2.05) is 0 Å². The molecule has 19 heavy (non-hydrogen) atoms. The van der Waals surface area contributed by atoms with Crippen molar-refractivity contribution in [2.75, 3.05) is 13.2 Å². The molecule has 1 aliphatic heterocycles. The molecule has 6 nitrogen and oxygen atoms in total. The molecular weight excluding hydrogens is 250 g/mol. The highest BCUT2D eigenvalue weighted by Crippen LogP contribution is 2.23. The molecule has 0 aromatic heterocycles. The molecule has 1 saturated heterocycles. The van der Waals surface area contributed by atoms with Gasteiger partial charge in [-0.25, -0.2) is 4.79 Å². The Morgan fingerprint density at radius 1 is 1.32 bits per heavy atom. The number of carbonyl (C=O) groups is 3. The van der Waals surface area contributed by atoms with Gasteiger partial charge in [0.1, 0.15) is 6.04 Å². The van der Waals surface area contributed by atoms with Gasteiger partial charge >= 0.3 is 11.9 Å². The lowest BCUT2D eigenvalue weighted by atomic mass is 9.94. The van der Waals surface area contributed by atoms with Crippen molar-refractivity contribution in [3.8, 4) is 0 Å². The number of aliphatic carboxylic acids is 1. The van der Waals surface area contributed by atoms with Crippen molar-refractivity contribution in [3.63, 3.8) is 0 Å². The number of rotatable bonds is 5. The van der Waals surface area contributed by atoms with Gasteiger partial charge in [-0.15, -0.1) is 0 Å². The summed E-state index contributed by atoms with van der Waals surface area (Å²) in [4.78, 5) is 36.4. The second kappa shape index (κ2) is 6.54. The van der Waals surface area contributed by atoms with Crippen LogP contribution in [-0.2, 0) is 19.1 Å². The molecule has 1 rings (SSSR count). The van der Waals surface area contributed by atoms with Gasteiger partial charge in [0.2, 0.25) is 5.91 Å². The van der Waals surface area contributed by atoms with E-state index in [0.717, 1.165) is 6.42 Å². The molecule has 1 heterocycles. The minimum Gasteiger partial charge on any atom is -0.481 e. The summed E-state index contributed by atoms with van der Waals surface area (Å²) >= 11 is 0. The summed E-state index contributed by atoms with van der Waals surface area (Å²) in [6, 6.07) is -0.559. The van der Waals surface area contributed by atoms with Crippen LogP contribution in [0.25, 0.3) is 0 Å². The van der Waals surface area contributed by atoms with Crippen molar-refractivity contribution in [2.45, 2.75) is 39.7 Å². The van der Waals surface area contributed by atoms with E-state index < -0.39 is 29.8 Å². The summed E-state index contributed by atoms with van der Waals surface area (Å²) in [5.41, 5.74) is 0. The summed E-state index contributed by atoms with van der Waals surface area (Å²) in [6.07, 6.45) is 1.32. The molecule has 0 aromatic carbocycles. The van der Waals surface area contributed by atoms with Gasteiger partial charge in [-0.1, -0.05) is 13.8 Å². The fourth-order valence-corrected chi connectivity index (χ4v) is 2.20. The Balaban J connectivity index is 2.75. The summed E-state index contributed by atoms with van der Waals surface area (Å²) in [7, 11) is 0. The van der Waals surface area contributed by atoms with Gasteiger partial charge in [0.25, 0.3) is 0 Å². The number of hydrogen-bond acceptors (Lipinski definition) is 4. The molecule has 0 aliphatic carbocycles. The van der Waals surface area contributed by atoms with E-state index in [2.05, 4.69) is 0 Å². The molecule has 3 unspecified atom stereocenters. The van der Waals surface area contributed by atoms with Crippen LogP contribution in [0.15, 0.2) is 0 Å². The largest absolute Gasteiger partial charge is 0.481 e. The van der Waals surface area contributed by atoms with Crippen molar-refractivity contribution in [2.24, 2.45) is 11.8 Å². The second-order valence-corrected chi connectivity index (χ2v) is 4.86. The van der Waals surface area contributed by atoms with E-state index in [-0.39, 0.29) is 12.5 Å². The molecule has 108 valence electrons. The van der Waals surface area contributed by atoms with E-state index in [9.17, 15) is 14.4 Å². The molecule has 0 saturated carbocycles. The second-order valence-electron chi connectivity index (χ2n) is 4.86. The lowest BCUT2D eigenvalue weighted by molar-refractivity contribution is -0.156. The number of amides is 1. The average molecular weight is 271 g/mol. The van der Waals surface area contributed by atoms with Gasteiger partial charge in [-0.3, -0.25) is 9.59 Å². The maximum atomic E-state index is 12.3. The molecule has 1 aliphatic rings. The Morgan fingerprint density at radius 2 is 1.95 bits per heavy atom. The van der Waals surface area contributed by atoms with Crippen LogP contribution in [0.3, 0.4) is 0 Å². The minimum atomic E-state index is -1.01. The Kier molecular flexibility index (Phi) is 5.32. The van der Waals surface area contributed by atoms with Crippen LogP contribution in [0.5, 0.6) is 0 Å². The number of carboxylic acids is 1. The smallest absolute Gasteiger partial charge is 0.328 e. The van der Waals surface area contributed by atoms with Crippen molar-refractivity contribution < 1.29 is 24.2 Å². The third-order valence-corrected chi connectivity index (χ3v) is 3.62. The van der Waals surface area contributed by atoms with Gasteiger partial charge < -0.3 is 14.7 Å². The lowest BCUT2D eigenvalue weighted by Crippen LogP contribution is -2.45. The summed E-state index contributed by atoms with van der Waals surface area (Å²) < 4.78 is 4.94. The van der Waals surface area contributed by atoms with Crippen LogP contribution < -0.4 is 0 Å². The normalized spacial score (nSPS) is 21.8. The zero-order valence-corrected chi connectivity index (χ0v) is 11.6. The lowest BCUT2D eigenvalue weighted by Gasteiger charge is -2.27. The quantitative estimate of drug-likeness (QED) is 0.751. The molecule has 6 heteroatoms. The Bertz CT molecular complexity index is 368. The summed E-state index contributed by atoms with van der Waals surface area (Å²) in [6.45, 7) is 5.56. The fourth-order valence-electron chi connectivity index (χ4n) is 2.20. The maximum absolute atomic E-state index is 12.3. The molecule has 0 bridgehead atoms. The van der Waals surface area contributed by atoms with Gasteiger partial charge in [0.15, 0.2) is 0 Å². The first-order valence-electron chi connectivity index (χ1n) is 6.60. The zero-order valence-electron chi connectivity index (χ0n) is 11.6. The van der Waals surface area contributed by atoms with Gasteiger partial charge in [-0.05, 0) is 19.8 Å². The zero-order chi connectivity index (χ0) is 14.6. The highest BCUT2D eigenvalue weighted by atomic mass is 16.5. The fraction of sp³-hybridized carbons (Fsp3) is 0.769. The van der Waals surface area contributed by atoms with E-state index in [1.54, 1.807) is 13.8 Å². The molecule has 1 amide bonds. The number of ether oxygens (including phenoxy) is 1. The third kappa shape index (κ3) is 3.45. The molecule has 0 radical (unpaired) electrons. The first kappa shape index (κ1) is 15.5. The molecule has 3 atom stereocenters. The molecular formula is C13H21NO5. The predicted molar refractivity (Wildman–Crippen MR) is 67.3 cm³/mol. The standard InChI is InChI=1S/C13H21NO5/c1-4-19-13(18)10-6-5-7-14(10)11(15)8(2)9(3)12(16)17/h8-10H,4-7H2,1-3H3,(H,16,17). The van der Waals surface area contributed by atoms with Crippen LogP contribution in [0.2, 0.25) is 0 Å². The topological polar surface area (TPSA) is 83.9 Å². The van der Waals surface area contributed by atoms with Gasteiger partial charge in [0.05, 0.1) is 12.5 Å². The van der Waals surface area contributed by atoms with Crippen LogP contribution in [0.4, 0.5) is 0 Å². The van der Waals surface area contributed by atoms with Crippen molar-refractivity contribution in [1.82, 2.24) is 4.90 Å². The van der Waals surface area contributed by atoms with Crippen LogP contribution in [0.1, 0.15) is 33.6 Å². The minimum absolute atomic E-state index is 0.276. The first-order chi connectivity index (χ1) is 8.90. The maximum Gasteiger partial charge on any atom is 0.328 e. The van der Waals surface area contributed by atoms with Crippen LogP contribution >= 0.6 is 0 Å². The number of carbonyl (C=O) groups excluding carboxylic acids is 2. The predicted octanol–water partition coefficient (Wildman–Crippen LogP) is 0.897. The molecule has 1 N–H and O–H groups in total. The summed E-state index contributed by atoms with van der Waals surface area (Å²) in [5.74, 6) is -3.11. The van der Waals surface area contributed by atoms with Crippen molar-refractivity contribution >= 4 is 17.8 Å². The van der Waals surface area contributed by atoms with Gasteiger partial charge in [0, 0.05) is 12.5 Å². The molecule has 0 spiro atoms. The number of nitrogens with zero attached hydrogens (tertiary/aromatic N) is 1. The summed E-state index contributed by atoms with van der Waals surface area (Å²) in [5, 5.41) is 8.94. The van der Waals surface area contributed by atoms with E-state index >= 15 is 0 Å².